The van der Waals surface area contributed by atoms with Gasteiger partial charge >= 0.3 is 6.09 Å². The molecule has 0 atom stereocenters. The molecule has 30 heavy (non-hydrogen) atoms. The number of benzene rings is 1. The molecule has 158 valence electrons. The Morgan fingerprint density at radius 3 is 2.53 bits per heavy atom. The van der Waals surface area contributed by atoms with Crippen LogP contribution in [0.3, 0.4) is 0 Å². The van der Waals surface area contributed by atoms with Crippen LogP contribution >= 0.6 is 11.3 Å². The summed E-state index contributed by atoms with van der Waals surface area (Å²) >= 11 is 1.71. The highest BCUT2D eigenvalue weighted by Gasteiger charge is 2.26. The second kappa shape index (κ2) is 8.22. The topological polar surface area (TPSA) is 67.4 Å². The molecular formula is C23H28N4O2S. The van der Waals surface area contributed by atoms with Gasteiger partial charge in [0.1, 0.15) is 22.6 Å². The quantitative estimate of drug-likeness (QED) is 0.629. The summed E-state index contributed by atoms with van der Waals surface area (Å²) in [6.45, 7) is 9.44. The highest BCUT2D eigenvalue weighted by atomic mass is 32.1. The van der Waals surface area contributed by atoms with E-state index in [2.05, 4.69) is 51.4 Å². The smallest absolute Gasteiger partial charge is 0.407 e. The number of rotatable bonds is 3. The van der Waals surface area contributed by atoms with E-state index >= 15 is 0 Å². The number of alkyl carbamates (subject to hydrolysis) is 1. The Kier molecular flexibility index (Phi) is 5.64. The normalized spacial score (nSPS) is 15.4. The third-order valence-corrected chi connectivity index (χ3v) is 6.24. The van der Waals surface area contributed by atoms with Gasteiger partial charge in [0, 0.05) is 29.6 Å². The molecule has 0 spiro atoms. The number of thiophene rings is 1. The lowest BCUT2D eigenvalue weighted by molar-refractivity contribution is 0.0497. The average Bonchev–Trinajstić information content (AvgIpc) is 3.03. The van der Waals surface area contributed by atoms with Gasteiger partial charge in [-0.1, -0.05) is 30.3 Å². The lowest BCUT2D eigenvalue weighted by Crippen LogP contribution is -2.46. The maximum absolute atomic E-state index is 12.1. The number of aryl methyl sites for hydroxylation is 1. The van der Waals surface area contributed by atoms with E-state index in [4.69, 9.17) is 4.74 Å². The number of amides is 1. The lowest BCUT2D eigenvalue weighted by Gasteiger charge is -2.34. The third kappa shape index (κ3) is 4.41. The summed E-state index contributed by atoms with van der Waals surface area (Å²) in [4.78, 5) is 25.9. The number of hydrogen-bond donors (Lipinski definition) is 1. The van der Waals surface area contributed by atoms with Crippen LogP contribution in [0.2, 0.25) is 0 Å². The molecule has 0 bridgehead atoms. The van der Waals surface area contributed by atoms with Crippen molar-refractivity contribution < 1.29 is 9.53 Å². The maximum atomic E-state index is 12.1. The Morgan fingerprint density at radius 2 is 1.87 bits per heavy atom. The largest absolute Gasteiger partial charge is 0.444 e. The second-order valence-corrected chi connectivity index (χ2v) is 9.89. The zero-order valence-corrected chi connectivity index (χ0v) is 18.8. The Labute approximate surface area is 181 Å². The van der Waals surface area contributed by atoms with Crippen molar-refractivity contribution >= 4 is 33.5 Å². The van der Waals surface area contributed by atoms with E-state index in [0.29, 0.717) is 0 Å². The molecule has 0 unspecified atom stereocenters. The van der Waals surface area contributed by atoms with Crippen molar-refractivity contribution in [3.8, 4) is 11.1 Å². The molecule has 6 nitrogen and oxygen atoms in total. The van der Waals surface area contributed by atoms with Crippen molar-refractivity contribution in [1.82, 2.24) is 15.3 Å². The Hall–Kier alpha value is -2.67. The highest BCUT2D eigenvalue weighted by Crippen LogP contribution is 2.41. The molecule has 1 fully saturated rings. The summed E-state index contributed by atoms with van der Waals surface area (Å²) in [5.41, 5.74) is 1.93. The Balaban J connectivity index is 1.55. The summed E-state index contributed by atoms with van der Waals surface area (Å²) in [5, 5.41) is 4.14. The molecule has 3 aromatic rings. The third-order valence-electron chi connectivity index (χ3n) is 5.22. The second-order valence-electron chi connectivity index (χ2n) is 8.68. The highest BCUT2D eigenvalue weighted by molar-refractivity contribution is 7.19. The number of anilines is 1. The zero-order chi connectivity index (χ0) is 21.3. The van der Waals surface area contributed by atoms with Gasteiger partial charge in [-0.25, -0.2) is 14.8 Å². The van der Waals surface area contributed by atoms with Crippen molar-refractivity contribution in [2.45, 2.75) is 52.2 Å². The number of hydrogen-bond acceptors (Lipinski definition) is 6. The predicted molar refractivity (Wildman–Crippen MR) is 122 cm³/mol. The summed E-state index contributed by atoms with van der Waals surface area (Å²) in [6.07, 6.45) is 3.03. The molecule has 0 saturated carbocycles. The number of aromatic nitrogens is 2. The molecule has 7 heteroatoms. The van der Waals surface area contributed by atoms with Crippen molar-refractivity contribution in [2.24, 2.45) is 0 Å². The Morgan fingerprint density at radius 1 is 1.17 bits per heavy atom. The molecule has 1 aliphatic heterocycles. The van der Waals surface area contributed by atoms with E-state index in [1.54, 1.807) is 17.7 Å². The molecule has 1 aliphatic rings. The van der Waals surface area contributed by atoms with Gasteiger partial charge in [0.15, 0.2) is 0 Å². The van der Waals surface area contributed by atoms with Gasteiger partial charge in [0.25, 0.3) is 0 Å². The standard InChI is InChI=1S/C23H28N4O2S/c1-15-18(16-8-6-5-7-9-16)19-20(24-14-25-21(19)30-15)27-12-10-17(11-13-27)26-22(28)29-23(2,3)4/h5-9,14,17H,10-13H2,1-4H3,(H,26,28). The van der Waals surface area contributed by atoms with Crippen molar-refractivity contribution in [3.63, 3.8) is 0 Å². The first-order valence-corrected chi connectivity index (χ1v) is 11.2. The molecule has 1 N–H and O–H groups in total. The number of nitrogens with one attached hydrogen (secondary N) is 1. The molecule has 1 aromatic carbocycles. The van der Waals surface area contributed by atoms with Gasteiger partial charge < -0.3 is 15.0 Å². The summed E-state index contributed by atoms with van der Waals surface area (Å²) in [7, 11) is 0. The van der Waals surface area contributed by atoms with Crippen molar-refractivity contribution in [2.75, 3.05) is 18.0 Å². The van der Waals surface area contributed by atoms with Crippen LogP contribution in [0.1, 0.15) is 38.5 Å². The monoisotopic (exact) mass is 424 g/mol. The van der Waals surface area contributed by atoms with Crippen LogP contribution < -0.4 is 10.2 Å². The number of carbonyl (C=O) groups is 1. The van der Waals surface area contributed by atoms with E-state index in [-0.39, 0.29) is 12.1 Å². The van der Waals surface area contributed by atoms with E-state index in [1.807, 2.05) is 26.8 Å². The number of ether oxygens (including phenoxy) is 1. The molecule has 0 aliphatic carbocycles. The molecule has 1 amide bonds. The lowest BCUT2D eigenvalue weighted by atomic mass is 10.0. The summed E-state index contributed by atoms with van der Waals surface area (Å²) in [6, 6.07) is 10.6. The van der Waals surface area contributed by atoms with Crippen LogP contribution in [0.5, 0.6) is 0 Å². The van der Waals surface area contributed by atoms with E-state index in [9.17, 15) is 4.79 Å². The first-order valence-electron chi connectivity index (χ1n) is 10.4. The zero-order valence-electron chi connectivity index (χ0n) is 17.9. The van der Waals surface area contributed by atoms with Gasteiger partial charge in [-0.2, -0.15) is 0 Å². The average molecular weight is 425 g/mol. The van der Waals surface area contributed by atoms with Crippen LogP contribution in [0.4, 0.5) is 10.6 Å². The fraction of sp³-hybridized carbons (Fsp3) is 0.435. The van der Waals surface area contributed by atoms with Gasteiger partial charge in [0.2, 0.25) is 0 Å². The number of fused-ring (bicyclic) bond motifs is 1. The molecule has 4 rings (SSSR count). The maximum Gasteiger partial charge on any atom is 0.407 e. The van der Waals surface area contributed by atoms with E-state index < -0.39 is 5.60 Å². The number of nitrogens with zero attached hydrogens (tertiary/aromatic N) is 3. The van der Waals surface area contributed by atoms with Crippen molar-refractivity contribution in [3.05, 3.63) is 41.5 Å². The molecule has 1 saturated heterocycles. The molecule has 2 aromatic heterocycles. The van der Waals surface area contributed by atoms with Crippen LogP contribution in [0.25, 0.3) is 21.3 Å². The minimum atomic E-state index is -0.484. The molecular weight excluding hydrogens is 396 g/mol. The minimum Gasteiger partial charge on any atom is -0.444 e. The first kappa shape index (κ1) is 20.6. The van der Waals surface area contributed by atoms with Crippen molar-refractivity contribution in [1.29, 1.82) is 0 Å². The summed E-state index contributed by atoms with van der Waals surface area (Å²) < 4.78 is 5.39. The summed E-state index contributed by atoms with van der Waals surface area (Å²) in [5.74, 6) is 0.985. The van der Waals surface area contributed by atoms with E-state index in [1.165, 1.54) is 16.0 Å². The minimum absolute atomic E-state index is 0.117. The van der Waals surface area contributed by atoms with Crippen LogP contribution in [-0.2, 0) is 4.74 Å². The number of carbonyl (C=O) groups excluding carboxylic acids is 1. The fourth-order valence-corrected chi connectivity index (χ4v) is 4.94. The van der Waals surface area contributed by atoms with Gasteiger partial charge in [0.05, 0.1) is 5.39 Å². The van der Waals surface area contributed by atoms with Gasteiger partial charge in [-0.3, -0.25) is 0 Å². The van der Waals surface area contributed by atoms with Gasteiger partial charge in [-0.05, 0) is 46.1 Å². The number of piperidine rings is 1. The SMILES string of the molecule is Cc1sc2ncnc(N3CCC(NC(=O)OC(C)(C)C)CC3)c2c1-c1ccccc1. The first-order chi connectivity index (χ1) is 14.3. The molecule has 0 radical (unpaired) electrons. The van der Waals surface area contributed by atoms with Gasteiger partial charge in [-0.15, -0.1) is 11.3 Å². The van der Waals surface area contributed by atoms with Crippen LogP contribution in [0, 0.1) is 6.92 Å². The molecule has 3 heterocycles. The fourth-order valence-electron chi connectivity index (χ4n) is 3.93. The van der Waals surface area contributed by atoms with Crippen LogP contribution in [-0.4, -0.2) is 40.8 Å². The van der Waals surface area contributed by atoms with E-state index in [0.717, 1.165) is 42.0 Å². The Bertz CT molecular complexity index is 1030. The predicted octanol–water partition coefficient (Wildman–Crippen LogP) is 5.16. The van der Waals surface area contributed by atoms with Crippen LogP contribution in [0.15, 0.2) is 36.7 Å².